The van der Waals surface area contributed by atoms with Crippen molar-refractivity contribution in [3.63, 3.8) is 0 Å². The van der Waals surface area contributed by atoms with Crippen molar-refractivity contribution < 1.29 is 19.4 Å². The Morgan fingerprint density at radius 2 is 1.95 bits per heavy atom. The Morgan fingerprint density at radius 1 is 1.14 bits per heavy atom. The highest BCUT2D eigenvalue weighted by Crippen LogP contribution is 2.22. The van der Waals surface area contributed by atoms with Crippen LogP contribution < -0.4 is 9.64 Å². The van der Waals surface area contributed by atoms with Gasteiger partial charge in [-0.25, -0.2) is 0 Å². The van der Waals surface area contributed by atoms with Crippen LogP contribution in [0.25, 0.3) is 11.3 Å². The standard InChI is InChI=1S/C15H12N2O4/c18-12-7-4-8-13(9-12)20-10-14-15(16-21-17(14)19)11-5-2-1-3-6-11/h1-9,18H,10H2. The van der Waals surface area contributed by atoms with Crippen molar-refractivity contribution in [3.8, 4) is 22.8 Å². The highest BCUT2D eigenvalue weighted by molar-refractivity contribution is 5.59. The van der Waals surface area contributed by atoms with Gasteiger partial charge in [0.1, 0.15) is 11.5 Å². The van der Waals surface area contributed by atoms with Gasteiger partial charge in [0.15, 0.2) is 6.61 Å². The summed E-state index contributed by atoms with van der Waals surface area (Å²) < 4.78 is 10.1. The van der Waals surface area contributed by atoms with Gasteiger partial charge in [-0.2, -0.15) is 0 Å². The van der Waals surface area contributed by atoms with E-state index < -0.39 is 0 Å². The van der Waals surface area contributed by atoms with Crippen LogP contribution in [0.5, 0.6) is 11.5 Å². The quantitative estimate of drug-likeness (QED) is 0.743. The van der Waals surface area contributed by atoms with Crippen molar-refractivity contribution >= 4 is 0 Å². The fourth-order valence-electron chi connectivity index (χ4n) is 1.93. The summed E-state index contributed by atoms with van der Waals surface area (Å²) in [7, 11) is 0. The van der Waals surface area contributed by atoms with Gasteiger partial charge in [-0.1, -0.05) is 36.4 Å². The lowest BCUT2D eigenvalue weighted by Crippen LogP contribution is -2.29. The first-order chi connectivity index (χ1) is 10.2. The third kappa shape index (κ3) is 2.79. The molecule has 1 N–H and O–H groups in total. The Labute approximate surface area is 120 Å². The van der Waals surface area contributed by atoms with E-state index in [1.807, 2.05) is 30.3 Å². The van der Waals surface area contributed by atoms with E-state index in [1.54, 1.807) is 12.1 Å². The number of hydrogen-bond donors (Lipinski definition) is 1. The molecule has 2 aromatic carbocycles. The monoisotopic (exact) mass is 284 g/mol. The maximum atomic E-state index is 11.7. The molecule has 0 saturated carbocycles. The zero-order chi connectivity index (χ0) is 14.7. The summed E-state index contributed by atoms with van der Waals surface area (Å²) in [4.78, 5) is 0.325. The summed E-state index contributed by atoms with van der Waals surface area (Å²) in [5.41, 5.74) is 1.47. The summed E-state index contributed by atoms with van der Waals surface area (Å²) in [5, 5.41) is 24.8. The Bertz CT molecular complexity index is 740. The first-order valence-electron chi connectivity index (χ1n) is 6.30. The molecular formula is C15H12N2O4. The number of aromatic hydroxyl groups is 1. The van der Waals surface area contributed by atoms with E-state index in [2.05, 4.69) is 9.79 Å². The van der Waals surface area contributed by atoms with Gasteiger partial charge in [-0.3, -0.25) is 4.63 Å². The van der Waals surface area contributed by atoms with Crippen molar-refractivity contribution in [1.29, 1.82) is 0 Å². The minimum absolute atomic E-state index is 0.0132. The van der Waals surface area contributed by atoms with Crippen LogP contribution in [0.4, 0.5) is 0 Å². The Hall–Kier alpha value is -3.02. The molecule has 21 heavy (non-hydrogen) atoms. The van der Waals surface area contributed by atoms with Crippen LogP contribution in [-0.4, -0.2) is 10.3 Å². The predicted octanol–water partition coefficient (Wildman–Crippen LogP) is 2.26. The average molecular weight is 284 g/mol. The molecule has 106 valence electrons. The van der Waals surface area contributed by atoms with E-state index in [4.69, 9.17) is 4.74 Å². The molecule has 0 atom stereocenters. The molecule has 1 aromatic heterocycles. The Kier molecular flexibility index (Phi) is 3.42. The van der Waals surface area contributed by atoms with Gasteiger partial charge < -0.3 is 15.1 Å². The summed E-state index contributed by atoms with van der Waals surface area (Å²) in [6, 6.07) is 15.6. The SMILES string of the molecule is [O-][n+]1onc(-c2ccccc2)c1COc1cccc(O)c1. The van der Waals surface area contributed by atoms with Crippen LogP contribution in [-0.2, 0) is 6.61 Å². The molecule has 1 heterocycles. The largest absolute Gasteiger partial charge is 0.508 e. The van der Waals surface area contributed by atoms with Crippen molar-refractivity contribution in [1.82, 2.24) is 5.16 Å². The van der Waals surface area contributed by atoms with Gasteiger partial charge in [0.25, 0.3) is 5.69 Å². The minimum Gasteiger partial charge on any atom is -0.508 e. The predicted molar refractivity (Wildman–Crippen MR) is 73.3 cm³/mol. The molecule has 3 aromatic rings. The van der Waals surface area contributed by atoms with Crippen molar-refractivity contribution in [2.24, 2.45) is 0 Å². The van der Waals surface area contributed by atoms with E-state index in [0.717, 1.165) is 5.56 Å². The normalized spacial score (nSPS) is 10.5. The molecule has 6 heteroatoms. The number of aromatic nitrogens is 2. The van der Waals surface area contributed by atoms with Gasteiger partial charge in [0.2, 0.25) is 5.69 Å². The molecule has 3 rings (SSSR count). The average Bonchev–Trinajstić information content (AvgIpc) is 2.87. The molecule has 0 radical (unpaired) electrons. The molecule has 0 bridgehead atoms. The molecule has 0 spiro atoms. The highest BCUT2D eigenvalue weighted by atomic mass is 16.8. The third-order valence-corrected chi connectivity index (χ3v) is 2.94. The maximum absolute atomic E-state index is 11.7. The van der Waals surface area contributed by atoms with Crippen LogP contribution in [0.1, 0.15) is 5.69 Å². The summed E-state index contributed by atoms with van der Waals surface area (Å²) in [5.74, 6) is 0.548. The number of benzene rings is 2. The summed E-state index contributed by atoms with van der Waals surface area (Å²) in [6.45, 7) is -0.0132. The van der Waals surface area contributed by atoms with Gasteiger partial charge in [0.05, 0.1) is 0 Å². The van der Waals surface area contributed by atoms with Gasteiger partial charge >= 0.3 is 0 Å². The molecule has 0 aliphatic carbocycles. The number of hydrogen-bond acceptors (Lipinski definition) is 5. The Balaban J connectivity index is 1.84. The number of rotatable bonds is 4. The zero-order valence-electron chi connectivity index (χ0n) is 11.0. The van der Waals surface area contributed by atoms with E-state index in [-0.39, 0.29) is 18.1 Å². The third-order valence-electron chi connectivity index (χ3n) is 2.94. The summed E-state index contributed by atoms with van der Waals surface area (Å²) in [6.07, 6.45) is 0. The second-order valence-corrected chi connectivity index (χ2v) is 4.38. The molecule has 0 aliphatic heterocycles. The van der Waals surface area contributed by atoms with Crippen molar-refractivity contribution in [2.45, 2.75) is 6.61 Å². The number of ether oxygens (including phenoxy) is 1. The van der Waals surface area contributed by atoms with Gasteiger partial charge in [-0.05, 0) is 17.0 Å². The maximum Gasteiger partial charge on any atom is 0.255 e. The van der Waals surface area contributed by atoms with E-state index in [0.29, 0.717) is 16.3 Å². The fourth-order valence-corrected chi connectivity index (χ4v) is 1.93. The van der Waals surface area contributed by atoms with Crippen LogP contribution in [0.15, 0.2) is 59.2 Å². The first-order valence-corrected chi connectivity index (χ1v) is 6.30. The van der Waals surface area contributed by atoms with E-state index in [9.17, 15) is 10.3 Å². The van der Waals surface area contributed by atoms with E-state index in [1.165, 1.54) is 12.1 Å². The molecule has 0 aliphatic rings. The highest BCUT2D eigenvalue weighted by Gasteiger charge is 2.21. The zero-order valence-corrected chi connectivity index (χ0v) is 11.0. The fraction of sp³-hybridized carbons (Fsp3) is 0.0667. The second-order valence-electron chi connectivity index (χ2n) is 4.38. The van der Waals surface area contributed by atoms with Crippen LogP contribution >= 0.6 is 0 Å². The smallest absolute Gasteiger partial charge is 0.255 e. The lowest BCUT2D eigenvalue weighted by Gasteiger charge is -2.04. The van der Waals surface area contributed by atoms with Crippen LogP contribution in [0.2, 0.25) is 0 Å². The Morgan fingerprint density at radius 3 is 2.71 bits per heavy atom. The lowest BCUT2D eigenvalue weighted by molar-refractivity contribution is -0.808. The molecule has 0 fully saturated rings. The van der Waals surface area contributed by atoms with Gasteiger partial charge in [0, 0.05) is 16.8 Å². The second kappa shape index (κ2) is 5.54. The van der Waals surface area contributed by atoms with E-state index >= 15 is 0 Å². The number of nitrogens with zero attached hydrogens (tertiary/aromatic N) is 2. The van der Waals surface area contributed by atoms with Crippen LogP contribution in [0, 0.1) is 5.21 Å². The molecular weight excluding hydrogens is 272 g/mol. The molecule has 0 unspecified atom stereocenters. The van der Waals surface area contributed by atoms with Crippen LogP contribution in [0.3, 0.4) is 0 Å². The minimum atomic E-state index is -0.0132. The molecule has 0 saturated heterocycles. The molecule has 6 nitrogen and oxygen atoms in total. The number of phenols is 1. The first kappa shape index (κ1) is 13.0. The lowest BCUT2D eigenvalue weighted by atomic mass is 10.1. The summed E-state index contributed by atoms with van der Waals surface area (Å²) >= 11 is 0. The van der Waals surface area contributed by atoms with Gasteiger partial charge in [-0.15, -0.1) is 0 Å². The van der Waals surface area contributed by atoms with Crippen molar-refractivity contribution in [2.75, 3.05) is 0 Å². The topological polar surface area (TPSA) is 82.4 Å². The van der Waals surface area contributed by atoms with Crippen molar-refractivity contribution in [3.05, 3.63) is 65.5 Å². The molecule has 0 amide bonds. The number of phenolic OH excluding ortho intramolecular Hbond substituents is 1.